The van der Waals surface area contributed by atoms with Gasteiger partial charge in [-0.05, 0) is 56.1 Å². The first-order chi connectivity index (χ1) is 14.0. The van der Waals surface area contributed by atoms with Gasteiger partial charge in [0, 0.05) is 51.1 Å². The molecule has 1 aromatic rings. The molecule has 0 saturated carbocycles. The average molecular weight is 533 g/mol. The molecule has 1 aromatic carbocycles. The molecule has 6 nitrogen and oxygen atoms in total. The minimum atomic E-state index is 0. The molecule has 1 saturated heterocycles. The standard InChI is InChI=1S/C23H40N4O2.HI/c1-5-24-23(25-15-19(10-12-28)13-18(2)3)26-16-20-9-11-27(17-20)21-7-6-8-22(14-21)29-4;/h6-8,14,18-20,28H,5,9-13,15-17H2,1-4H3,(H2,24,25,26);1H. The monoisotopic (exact) mass is 532 g/mol. The first kappa shape index (κ1) is 26.8. The molecule has 1 heterocycles. The van der Waals surface area contributed by atoms with Crippen molar-refractivity contribution in [1.82, 2.24) is 10.6 Å². The highest BCUT2D eigenvalue weighted by Crippen LogP contribution is 2.26. The number of benzene rings is 1. The molecule has 1 aliphatic rings. The number of nitrogens with one attached hydrogen (secondary N) is 2. The fraction of sp³-hybridized carbons (Fsp3) is 0.696. The van der Waals surface area contributed by atoms with Crippen LogP contribution in [0.1, 0.15) is 40.0 Å². The molecule has 2 atom stereocenters. The molecule has 30 heavy (non-hydrogen) atoms. The lowest BCUT2D eigenvalue weighted by Crippen LogP contribution is -2.40. The minimum absolute atomic E-state index is 0. The van der Waals surface area contributed by atoms with Crippen molar-refractivity contribution in [2.45, 2.75) is 40.0 Å². The predicted molar refractivity (Wildman–Crippen MR) is 137 cm³/mol. The normalized spacial score (nSPS) is 17.6. The molecule has 7 heteroatoms. The van der Waals surface area contributed by atoms with E-state index in [0.717, 1.165) is 57.3 Å². The van der Waals surface area contributed by atoms with Crippen LogP contribution in [-0.2, 0) is 0 Å². The fourth-order valence-corrected chi connectivity index (χ4v) is 3.98. The van der Waals surface area contributed by atoms with Crippen molar-refractivity contribution in [3.8, 4) is 5.75 Å². The second kappa shape index (κ2) is 14.7. The summed E-state index contributed by atoms with van der Waals surface area (Å²) in [5.41, 5.74) is 1.23. The SMILES string of the molecule is CCNC(=NCC(CCO)CC(C)C)NCC1CCN(c2cccc(OC)c2)C1.I. The number of aliphatic hydroxyl groups is 1. The van der Waals surface area contributed by atoms with Crippen molar-refractivity contribution < 1.29 is 9.84 Å². The Hall–Kier alpha value is -1.22. The lowest BCUT2D eigenvalue weighted by atomic mass is 9.94. The Balaban J connectivity index is 0.00000450. The molecule has 0 aliphatic carbocycles. The zero-order valence-corrected chi connectivity index (χ0v) is 21.4. The molecule has 1 fully saturated rings. The van der Waals surface area contributed by atoms with Gasteiger partial charge in [-0.1, -0.05) is 19.9 Å². The maximum absolute atomic E-state index is 9.32. The molecule has 2 unspecified atom stereocenters. The molecular formula is C23H41IN4O2. The molecule has 0 spiro atoms. The van der Waals surface area contributed by atoms with Crippen LogP contribution < -0.4 is 20.3 Å². The van der Waals surface area contributed by atoms with Crippen molar-refractivity contribution in [1.29, 1.82) is 0 Å². The number of aliphatic hydroxyl groups excluding tert-OH is 1. The summed E-state index contributed by atoms with van der Waals surface area (Å²) in [7, 11) is 1.71. The summed E-state index contributed by atoms with van der Waals surface area (Å²) in [6.45, 7) is 11.4. The van der Waals surface area contributed by atoms with Crippen LogP contribution in [0.2, 0.25) is 0 Å². The Kier molecular flexibility index (Phi) is 13.2. The van der Waals surface area contributed by atoms with E-state index in [1.54, 1.807) is 7.11 Å². The third kappa shape index (κ3) is 9.29. The maximum Gasteiger partial charge on any atom is 0.191 e. The molecule has 1 aliphatic heterocycles. The van der Waals surface area contributed by atoms with Crippen molar-refractivity contribution in [3.05, 3.63) is 24.3 Å². The minimum Gasteiger partial charge on any atom is -0.497 e. The van der Waals surface area contributed by atoms with E-state index in [2.05, 4.69) is 54.5 Å². The molecule has 0 radical (unpaired) electrons. The summed E-state index contributed by atoms with van der Waals surface area (Å²) in [4.78, 5) is 7.23. The highest BCUT2D eigenvalue weighted by atomic mass is 127. The quantitative estimate of drug-likeness (QED) is 0.230. The van der Waals surface area contributed by atoms with E-state index in [1.165, 1.54) is 12.1 Å². The largest absolute Gasteiger partial charge is 0.497 e. The average Bonchev–Trinajstić information content (AvgIpc) is 3.19. The number of methoxy groups -OCH3 is 1. The predicted octanol–water partition coefficient (Wildman–Crippen LogP) is 3.74. The maximum atomic E-state index is 9.32. The van der Waals surface area contributed by atoms with Gasteiger partial charge in [-0.2, -0.15) is 0 Å². The number of rotatable bonds is 11. The number of ether oxygens (including phenoxy) is 1. The summed E-state index contributed by atoms with van der Waals surface area (Å²) in [6, 6.07) is 8.30. The van der Waals surface area contributed by atoms with Crippen LogP contribution in [0.15, 0.2) is 29.3 Å². The van der Waals surface area contributed by atoms with Gasteiger partial charge in [0.2, 0.25) is 0 Å². The molecule has 2 rings (SSSR count). The Bertz CT molecular complexity index is 627. The number of halogens is 1. The summed E-state index contributed by atoms with van der Waals surface area (Å²) in [6.07, 6.45) is 3.09. The molecule has 3 N–H and O–H groups in total. The lowest BCUT2D eigenvalue weighted by molar-refractivity contribution is 0.245. The van der Waals surface area contributed by atoms with Gasteiger partial charge in [-0.3, -0.25) is 4.99 Å². The molecule has 172 valence electrons. The van der Waals surface area contributed by atoms with E-state index in [-0.39, 0.29) is 30.6 Å². The topological polar surface area (TPSA) is 69.1 Å². The van der Waals surface area contributed by atoms with Crippen molar-refractivity contribution in [3.63, 3.8) is 0 Å². The van der Waals surface area contributed by atoms with Crippen LogP contribution in [-0.4, -0.2) is 57.5 Å². The number of anilines is 1. The number of aliphatic imine (C=N–C) groups is 1. The van der Waals surface area contributed by atoms with E-state index in [1.807, 2.05) is 6.07 Å². The highest BCUT2D eigenvalue weighted by molar-refractivity contribution is 14.0. The Labute approximate surface area is 199 Å². The number of nitrogens with zero attached hydrogens (tertiary/aromatic N) is 2. The second-order valence-corrected chi connectivity index (χ2v) is 8.41. The van der Waals surface area contributed by atoms with Crippen LogP contribution in [0.25, 0.3) is 0 Å². The van der Waals surface area contributed by atoms with Crippen LogP contribution in [0, 0.1) is 17.8 Å². The van der Waals surface area contributed by atoms with E-state index < -0.39 is 0 Å². The van der Waals surface area contributed by atoms with E-state index >= 15 is 0 Å². The third-order valence-corrected chi connectivity index (χ3v) is 5.46. The number of hydrogen-bond acceptors (Lipinski definition) is 4. The van der Waals surface area contributed by atoms with Gasteiger partial charge < -0.3 is 25.4 Å². The summed E-state index contributed by atoms with van der Waals surface area (Å²) < 4.78 is 5.36. The van der Waals surface area contributed by atoms with Crippen molar-refractivity contribution >= 4 is 35.6 Å². The van der Waals surface area contributed by atoms with Gasteiger partial charge in [0.25, 0.3) is 0 Å². The zero-order chi connectivity index (χ0) is 21.1. The van der Waals surface area contributed by atoms with Gasteiger partial charge in [-0.15, -0.1) is 24.0 Å². The number of hydrogen-bond donors (Lipinski definition) is 3. The van der Waals surface area contributed by atoms with Gasteiger partial charge in [-0.25, -0.2) is 0 Å². The first-order valence-electron chi connectivity index (χ1n) is 11.1. The van der Waals surface area contributed by atoms with Gasteiger partial charge in [0.15, 0.2) is 5.96 Å². The van der Waals surface area contributed by atoms with Gasteiger partial charge in [0.05, 0.1) is 7.11 Å². The molecule has 0 aromatic heterocycles. The van der Waals surface area contributed by atoms with Gasteiger partial charge >= 0.3 is 0 Å². The molecular weight excluding hydrogens is 491 g/mol. The second-order valence-electron chi connectivity index (χ2n) is 8.41. The summed E-state index contributed by atoms with van der Waals surface area (Å²) >= 11 is 0. The van der Waals surface area contributed by atoms with Crippen LogP contribution in [0.4, 0.5) is 5.69 Å². The van der Waals surface area contributed by atoms with E-state index in [4.69, 9.17) is 9.73 Å². The highest BCUT2D eigenvalue weighted by Gasteiger charge is 2.23. The Morgan fingerprint density at radius 3 is 2.80 bits per heavy atom. The Morgan fingerprint density at radius 2 is 2.13 bits per heavy atom. The van der Waals surface area contributed by atoms with Crippen molar-refractivity contribution in [2.24, 2.45) is 22.7 Å². The Morgan fingerprint density at radius 1 is 1.33 bits per heavy atom. The van der Waals surface area contributed by atoms with Crippen molar-refractivity contribution in [2.75, 3.05) is 51.3 Å². The number of guanidine groups is 1. The fourth-order valence-electron chi connectivity index (χ4n) is 3.98. The summed E-state index contributed by atoms with van der Waals surface area (Å²) in [5, 5.41) is 16.2. The first-order valence-corrected chi connectivity index (χ1v) is 11.1. The summed E-state index contributed by atoms with van der Waals surface area (Å²) in [5.74, 6) is 3.45. The van der Waals surface area contributed by atoms with Crippen LogP contribution >= 0.6 is 24.0 Å². The van der Waals surface area contributed by atoms with E-state index in [0.29, 0.717) is 17.8 Å². The smallest absolute Gasteiger partial charge is 0.191 e. The molecule has 0 amide bonds. The van der Waals surface area contributed by atoms with Crippen LogP contribution in [0.3, 0.4) is 0 Å². The molecule has 0 bridgehead atoms. The van der Waals surface area contributed by atoms with Crippen LogP contribution in [0.5, 0.6) is 5.75 Å². The van der Waals surface area contributed by atoms with Gasteiger partial charge in [0.1, 0.15) is 5.75 Å². The van der Waals surface area contributed by atoms with E-state index in [9.17, 15) is 5.11 Å². The third-order valence-electron chi connectivity index (χ3n) is 5.46. The zero-order valence-electron chi connectivity index (χ0n) is 19.1. The lowest BCUT2D eigenvalue weighted by Gasteiger charge is -2.20.